The number of rotatable bonds is 12. The van der Waals surface area contributed by atoms with Crippen LogP contribution in [0.4, 0.5) is 4.79 Å². The van der Waals surface area contributed by atoms with E-state index in [0.29, 0.717) is 43.0 Å². The van der Waals surface area contributed by atoms with Crippen molar-refractivity contribution in [2.75, 3.05) is 51.9 Å². The Morgan fingerprint density at radius 3 is 2.61 bits per heavy atom. The molecule has 16 nitrogen and oxygen atoms in total. The first-order valence-corrected chi connectivity index (χ1v) is 25.8. The summed E-state index contributed by atoms with van der Waals surface area (Å²) < 4.78 is 50.5. The molecule has 3 aliphatic carbocycles. The largest absolute Gasteiger partial charge is 0.492 e. The number of hydrogen-bond donors (Lipinski definition) is 3. The Morgan fingerprint density at radius 2 is 1.88 bits per heavy atom. The number of amides is 4. The molecule has 2 saturated heterocycles. The maximum Gasteiger partial charge on any atom is 0.408 e. The van der Waals surface area contributed by atoms with E-state index < -0.39 is 79.3 Å². The Balaban J connectivity index is 1.13. The Hall–Kier alpha value is -4.96. The van der Waals surface area contributed by atoms with Crippen molar-refractivity contribution in [3.63, 3.8) is 0 Å². The van der Waals surface area contributed by atoms with Crippen molar-refractivity contribution < 1.29 is 46.5 Å². The lowest BCUT2D eigenvalue weighted by Gasteiger charge is -2.37. The number of aryl methyl sites for hydroxylation is 1. The molecule has 1 aromatic carbocycles. The number of aromatic nitrogens is 1. The molecule has 3 aliphatic heterocycles. The average Bonchev–Trinajstić information content (AvgIpc) is 4.12. The van der Waals surface area contributed by atoms with Gasteiger partial charge in [-0.1, -0.05) is 45.8 Å². The highest BCUT2D eigenvalue weighted by molar-refractivity contribution is 7.93. The molecule has 364 valence electrons. The minimum Gasteiger partial charge on any atom is -0.492 e. The zero-order valence-corrected chi connectivity index (χ0v) is 40.5. The van der Waals surface area contributed by atoms with Crippen LogP contribution in [0.3, 0.4) is 0 Å². The molecule has 1 aromatic heterocycles. The first kappa shape index (κ1) is 48.5. The molecular formula is C50H68N6O10S. The summed E-state index contributed by atoms with van der Waals surface area (Å²) in [5.41, 5.74) is 2.84. The summed E-state index contributed by atoms with van der Waals surface area (Å²) in [5.74, 6) is -2.06. The highest BCUT2D eigenvalue weighted by Gasteiger charge is 2.53. The van der Waals surface area contributed by atoms with Crippen molar-refractivity contribution in [1.29, 1.82) is 0 Å². The van der Waals surface area contributed by atoms with Gasteiger partial charge in [0.25, 0.3) is 5.91 Å². The van der Waals surface area contributed by atoms with Crippen LogP contribution < -0.4 is 25.4 Å². The molecular weight excluding hydrogens is 877 g/mol. The lowest BCUT2D eigenvalue weighted by atomic mass is 9.85. The topological polar surface area (TPSA) is 195 Å². The van der Waals surface area contributed by atoms with Gasteiger partial charge in [0, 0.05) is 37.4 Å². The van der Waals surface area contributed by atoms with E-state index in [1.807, 2.05) is 45.9 Å². The smallest absolute Gasteiger partial charge is 0.408 e. The predicted molar refractivity (Wildman–Crippen MR) is 252 cm³/mol. The van der Waals surface area contributed by atoms with E-state index in [1.165, 1.54) is 17.1 Å². The minimum atomic E-state index is -3.69. The number of carbonyl (C=O) groups is 4. The summed E-state index contributed by atoms with van der Waals surface area (Å²) in [5, 5.41) is 9.22. The molecule has 0 spiro atoms. The third kappa shape index (κ3) is 10.7. The predicted octanol–water partition coefficient (Wildman–Crippen LogP) is 5.06. The van der Waals surface area contributed by atoms with E-state index >= 15 is 4.79 Å². The van der Waals surface area contributed by atoms with Crippen molar-refractivity contribution >= 4 is 44.6 Å². The minimum absolute atomic E-state index is 0.00564. The van der Waals surface area contributed by atoms with Crippen LogP contribution in [0.2, 0.25) is 0 Å². The number of hydrogen-bond acceptors (Lipinski definition) is 12. The molecule has 6 aliphatic rings. The maximum absolute atomic E-state index is 15.0. The summed E-state index contributed by atoms with van der Waals surface area (Å²) in [4.78, 5) is 66.6. The Bertz CT molecular complexity index is 2420. The standard InChI is InChI=1S/C50H68N6O10S/c1-7-34-14-11-18-50(34,46(59)51-31-67(61,62)49(6)19-20-49)54-43(57)39-29-35-30-56(39)45(58)42(48(3,4)5)53-47(60)66-40-28-33(40)13-9-8-10-15-37-41(64-24-12-21-55-22-25-63-26-23-55)36-17-16-32(2)27-38(36)52-44(37)65-35/h7,14,16-18,27,33-35,39-40,42H,1,8-10,12-13,15,19-26,28-31H2,2-6H3,(H,51,59)(H,53,60)(H,54,57). The van der Waals surface area contributed by atoms with E-state index in [1.54, 1.807) is 13.0 Å². The third-order valence-corrected chi connectivity index (χ3v) is 16.9. The van der Waals surface area contributed by atoms with Gasteiger partial charge >= 0.3 is 6.09 Å². The van der Waals surface area contributed by atoms with Crippen LogP contribution in [-0.4, -0.2) is 133 Å². The molecule has 4 fully saturated rings. The highest BCUT2D eigenvalue weighted by Crippen LogP contribution is 2.44. The molecule has 8 rings (SSSR count). The summed E-state index contributed by atoms with van der Waals surface area (Å²) in [6.07, 6.45) is 9.53. The van der Waals surface area contributed by atoms with Gasteiger partial charge < -0.3 is 39.8 Å². The van der Waals surface area contributed by atoms with Crippen LogP contribution in [0.1, 0.15) is 96.6 Å². The molecule has 2 saturated carbocycles. The number of fused-ring (bicyclic) bond motifs is 5. The number of benzene rings is 1. The fourth-order valence-corrected chi connectivity index (χ4v) is 11.1. The molecule has 2 bridgehead atoms. The Labute approximate surface area is 394 Å². The van der Waals surface area contributed by atoms with Gasteiger partial charge in [0.15, 0.2) is 15.4 Å². The van der Waals surface area contributed by atoms with Crippen LogP contribution in [0.5, 0.6) is 11.6 Å². The van der Waals surface area contributed by atoms with Crippen molar-refractivity contribution in [3.05, 3.63) is 59.9 Å². The molecule has 2 aromatic rings. The number of nitrogens with zero attached hydrogens (tertiary/aromatic N) is 3. The van der Waals surface area contributed by atoms with Gasteiger partial charge in [0.2, 0.25) is 17.7 Å². The zero-order valence-electron chi connectivity index (χ0n) is 39.7. The van der Waals surface area contributed by atoms with Gasteiger partial charge in [0.05, 0.1) is 42.2 Å². The summed E-state index contributed by atoms with van der Waals surface area (Å²) in [6, 6.07) is 3.78. The van der Waals surface area contributed by atoms with E-state index in [9.17, 15) is 22.8 Å². The van der Waals surface area contributed by atoms with Gasteiger partial charge in [-0.2, -0.15) is 0 Å². The number of pyridine rings is 1. The summed E-state index contributed by atoms with van der Waals surface area (Å²) >= 11 is 0. The fourth-order valence-electron chi connectivity index (χ4n) is 9.74. The Kier molecular flexibility index (Phi) is 14.2. The first-order chi connectivity index (χ1) is 31.9. The Morgan fingerprint density at radius 1 is 1.10 bits per heavy atom. The van der Waals surface area contributed by atoms with Gasteiger partial charge in [-0.3, -0.25) is 19.3 Å². The molecule has 3 N–H and O–H groups in total. The number of nitrogens with one attached hydrogen (secondary N) is 3. The van der Waals surface area contributed by atoms with Crippen molar-refractivity contribution in [1.82, 2.24) is 30.7 Å². The summed E-state index contributed by atoms with van der Waals surface area (Å²) in [6.45, 7) is 17.6. The molecule has 7 atom stereocenters. The molecule has 4 heterocycles. The monoisotopic (exact) mass is 944 g/mol. The maximum atomic E-state index is 15.0. The SMILES string of the molecule is C=CC1C=C=CC1(NC(=O)C1CC2CN1C(=O)C(C(C)(C)C)NC(=O)OC1CC1CCCCCc1c(nc3cc(C)ccc3c1OCCCN1CCOCC1)O2)C(=O)NCS(=O)(=O)C1(C)CC1. The van der Waals surface area contributed by atoms with Crippen molar-refractivity contribution in [3.8, 4) is 11.6 Å². The second-order valence-electron chi connectivity index (χ2n) is 20.7. The van der Waals surface area contributed by atoms with E-state index in [0.717, 1.165) is 87.9 Å². The second-order valence-corrected chi connectivity index (χ2v) is 23.2. The van der Waals surface area contributed by atoms with Gasteiger partial charge in [-0.05, 0) is 100.0 Å². The molecule has 0 radical (unpaired) electrons. The van der Waals surface area contributed by atoms with Crippen LogP contribution in [0.15, 0.2) is 48.7 Å². The van der Waals surface area contributed by atoms with Crippen LogP contribution in [0, 0.1) is 24.2 Å². The van der Waals surface area contributed by atoms with Crippen molar-refractivity contribution in [2.45, 2.75) is 133 Å². The first-order valence-electron chi connectivity index (χ1n) is 24.1. The third-order valence-electron chi connectivity index (χ3n) is 14.4. The second kappa shape index (κ2) is 19.6. The average molecular weight is 945 g/mol. The normalized spacial score (nSPS) is 28.8. The van der Waals surface area contributed by atoms with Crippen LogP contribution in [0.25, 0.3) is 10.9 Å². The lowest BCUT2D eigenvalue weighted by molar-refractivity contribution is -0.143. The highest BCUT2D eigenvalue weighted by atomic mass is 32.2. The number of alkyl carbamates (subject to hydrolysis) is 1. The van der Waals surface area contributed by atoms with Crippen LogP contribution in [-0.2, 0) is 40.1 Å². The zero-order chi connectivity index (χ0) is 47.7. The molecule has 17 heteroatoms. The van der Waals surface area contributed by atoms with Gasteiger partial charge in [-0.15, -0.1) is 12.3 Å². The number of carbonyl (C=O) groups excluding carboxylic acids is 4. The molecule has 4 amide bonds. The van der Waals surface area contributed by atoms with Crippen molar-refractivity contribution in [2.24, 2.45) is 17.3 Å². The van der Waals surface area contributed by atoms with Crippen LogP contribution >= 0.6 is 0 Å². The number of morpholine rings is 1. The fraction of sp³-hybridized carbons (Fsp3) is 0.640. The van der Waals surface area contributed by atoms with E-state index in [4.69, 9.17) is 23.9 Å². The van der Waals surface area contributed by atoms with Gasteiger partial charge in [-0.25, -0.2) is 18.2 Å². The van der Waals surface area contributed by atoms with E-state index in [2.05, 4.69) is 33.2 Å². The quantitative estimate of drug-likeness (QED) is 0.146. The van der Waals surface area contributed by atoms with E-state index in [-0.39, 0.29) is 25.0 Å². The lowest BCUT2D eigenvalue weighted by Crippen LogP contribution is -2.64. The van der Waals surface area contributed by atoms with Gasteiger partial charge in [0.1, 0.15) is 35.9 Å². The summed E-state index contributed by atoms with van der Waals surface area (Å²) in [7, 11) is -3.69. The number of ether oxygens (including phenoxy) is 4. The molecule has 7 unspecified atom stereocenters. The number of sulfone groups is 1. The molecule has 67 heavy (non-hydrogen) atoms.